The predicted molar refractivity (Wildman–Crippen MR) is 66.1 cm³/mol. The molecule has 0 aromatic carbocycles. The fourth-order valence-corrected chi connectivity index (χ4v) is 2.17. The minimum absolute atomic E-state index is 0.0000765. The summed E-state index contributed by atoms with van der Waals surface area (Å²) in [6.45, 7) is 7.16. The lowest BCUT2D eigenvalue weighted by Crippen LogP contribution is -2.50. The van der Waals surface area contributed by atoms with Gasteiger partial charge in [-0.05, 0) is 19.4 Å². The van der Waals surface area contributed by atoms with Crippen LogP contribution in [0.25, 0.3) is 0 Å². The highest BCUT2D eigenvalue weighted by Gasteiger charge is 2.18. The van der Waals surface area contributed by atoms with Crippen LogP contribution in [0.1, 0.15) is 19.5 Å². The third kappa shape index (κ3) is 2.27. The topological polar surface area (TPSA) is 48.1 Å². The number of hydrogen-bond acceptors (Lipinski definition) is 3. The molecular weight excluding hydrogens is 202 g/mol. The molecular formula is C12H19N3O. The van der Waals surface area contributed by atoms with Gasteiger partial charge in [-0.3, -0.25) is 4.79 Å². The average molecular weight is 221 g/mol. The summed E-state index contributed by atoms with van der Waals surface area (Å²) in [6, 6.07) is 4.23. The zero-order valence-electron chi connectivity index (χ0n) is 9.92. The summed E-state index contributed by atoms with van der Waals surface area (Å²) < 4.78 is 0. The molecule has 1 fully saturated rings. The van der Waals surface area contributed by atoms with Crippen LogP contribution >= 0.6 is 0 Å². The first kappa shape index (κ1) is 11.2. The molecule has 1 atom stereocenters. The fraction of sp³-hybridized carbons (Fsp3) is 0.583. The Morgan fingerprint density at radius 1 is 1.50 bits per heavy atom. The van der Waals surface area contributed by atoms with E-state index >= 15 is 0 Å². The van der Waals surface area contributed by atoms with Crippen molar-refractivity contribution in [1.82, 2.24) is 10.3 Å². The minimum atomic E-state index is 0.0000765. The van der Waals surface area contributed by atoms with Crippen molar-refractivity contribution < 1.29 is 0 Å². The number of H-pyrrole nitrogens is 1. The molecule has 0 spiro atoms. The van der Waals surface area contributed by atoms with Crippen molar-refractivity contribution in [1.29, 1.82) is 0 Å². The third-order valence-corrected chi connectivity index (χ3v) is 3.10. The maximum absolute atomic E-state index is 11.5. The Morgan fingerprint density at radius 2 is 2.31 bits per heavy atom. The number of nitrogens with one attached hydrogen (secondary N) is 2. The molecule has 1 aliphatic rings. The van der Waals surface area contributed by atoms with Crippen LogP contribution in [-0.4, -0.2) is 30.7 Å². The molecule has 88 valence electrons. The van der Waals surface area contributed by atoms with Crippen LogP contribution in [0.4, 0.5) is 5.69 Å². The number of hydrogen-bond donors (Lipinski definition) is 2. The number of aromatic amines is 1. The van der Waals surface area contributed by atoms with Gasteiger partial charge in [0.05, 0.1) is 0 Å². The van der Waals surface area contributed by atoms with Gasteiger partial charge >= 0.3 is 0 Å². The number of aromatic nitrogens is 1. The molecule has 1 unspecified atom stereocenters. The van der Waals surface area contributed by atoms with Crippen molar-refractivity contribution >= 4 is 5.69 Å². The number of anilines is 1. The first-order valence-corrected chi connectivity index (χ1v) is 5.91. The summed E-state index contributed by atoms with van der Waals surface area (Å²) in [5.74, 6) is 0. The molecule has 0 aliphatic carbocycles. The SMILES string of the molecule is CCc1cc(N2CCNCC2C)cc(=O)[nH]1. The molecule has 4 heteroatoms. The molecule has 16 heavy (non-hydrogen) atoms. The summed E-state index contributed by atoms with van der Waals surface area (Å²) in [6.07, 6.45) is 0.865. The van der Waals surface area contributed by atoms with Gasteiger partial charge in [-0.15, -0.1) is 0 Å². The first-order valence-electron chi connectivity index (χ1n) is 5.91. The standard InChI is InChI=1S/C12H19N3O/c1-3-10-6-11(7-12(16)14-10)15-5-4-13-8-9(15)2/h6-7,9,13H,3-5,8H2,1-2H3,(H,14,16). The van der Waals surface area contributed by atoms with E-state index in [9.17, 15) is 4.79 Å². The van der Waals surface area contributed by atoms with Gasteiger partial charge in [0.2, 0.25) is 5.56 Å². The van der Waals surface area contributed by atoms with E-state index in [1.165, 1.54) is 0 Å². The van der Waals surface area contributed by atoms with Crippen LogP contribution in [-0.2, 0) is 6.42 Å². The maximum atomic E-state index is 11.5. The second-order valence-corrected chi connectivity index (χ2v) is 4.33. The highest BCUT2D eigenvalue weighted by Crippen LogP contribution is 2.17. The Labute approximate surface area is 95.7 Å². The minimum Gasteiger partial charge on any atom is -0.366 e. The van der Waals surface area contributed by atoms with Crippen molar-refractivity contribution in [2.75, 3.05) is 24.5 Å². The molecule has 0 saturated carbocycles. The molecule has 0 radical (unpaired) electrons. The van der Waals surface area contributed by atoms with Crippen LogP contribution in [0.5, 0.6) is 0 Å². The van der Waals surface area contributed by atoms with Crippen molar-refractivity contribution in [2.45, 2.75) is 26.3 Å². The molecule has 1 aliphatic heterocycles. The van der Waals surface area contributed by atoms with Gasteiger partial charge < -0.3 is 15.2 Å². The van der Waals surface area contributed by atoms with Gasteiger partial charge in [0.1, 0.15) is 0 Å². The summed E-state index contributed by atoms with van der Waals surface area (Å²) >= 11 is 0. The Hall–Kier alpha value is -1.29. The van der Waals surface area contributed by atoms with Crippen LogP contribution in [0.3, 0.4) is 0 Å². The van der Waals surface area contributed by atoms with Gasteiger partial charge in [0.15, 0.2) is 0 Å². The lowest BCUT2D eigenvalue weighted by molar-refractivity contribution is 0.500. The molecule has 1 saturated heterocycles. The van der Waals surface area contributed by atoms with Gasteiger partial charge in [0.25, 0.3) is 0 Å². The van der Waals surface area contributed by atoms with Crippen LogP contribution in [0.15, 0.2) is 16.9 Å². The van der Waals surface area contributed by atoms with Crippen molar-refractivity contribution in [2.24, 2.45) is 0 Å². The van der Waals surface area contributed by atoms with Gasteiger partial charge in [0, 0.05) is 43.1 Å². The van der Waals surface area contributed by atoms with E-state index in [0.29, 0.717) is 6.04 Å². The van der Waals surface area contributed by atoms with E-state index in [2.05, 4.69) is 35.1 Å². The summed E-state index contributed by atoms with van der Waals surface area (Å²) in [4.78, 5) is 16.7. The molecule has 1 aromatic heterocycles. The second-order valence-electron chi connectivity index (χ2n) is 4.33. The molecule has 2 N–H and O–H groups in total. The lowest BCUT2D eigenvalue weighted by atomic mass is 10.1. The Bertz CT molecular complexity index is 413. The lowest BCUT2D eigenvalue weighted by Gasteiger charge is -2.35. The predicted octanol–water partition coefficient (Wildman–Crippen LogP) is 0.735. The molecule has 0 amide bonds. The largest absolute Gasteiger partial charge is 0.366 e. The van der Waals surface area contributed by atoms with Gasteiger partial charge in [-0.25, -0.2) is 0 Å². The Morgan fingerprint density at radius 3 is 3.00 bits per heavy atom. The number of piperazine rings is 1. The molecule has 2 rings (SSSR count). The van der Waals surface area contributed by atoms with Crippen LogP contribution < -0.4 is 15.8 Å². The highest BCUT2D eigenvalue weighted by atomic mass is 16.1. The third-order valence-electron chi connectivity index (χ3n) is 3.10. The Balaban J connectivity index is 2.31. The Kier molecular flexibility index (Phi) is 3.29. The highest BCUT2D eigenvalue weighted by molar-refractivity contribution is 5.48. The van der Waals surface area contributed by atoms with Crippen molar-refractivity contribution in [3.05, 3.63) is 28.2 Å². The van der Waals surface area contributed by atoms with E-state index in [1.807, 2.05) is 0 Å². The maximum Gasteiger partial charge on any atom is 0.250 e. The smallest absolute Gasteiger partial charge is 0.250 e. The van der Waals surface area contributed by atoms with Gasteiger partial charge in [-0.1, -0.05) is 6.92 Å². The zero-order valence-corrected chi connectivity index (χ0v) is 9.92. The quantitative estimate of drug-likeness (QED) is 0.774. The second kappa shape index (κ2) is 4.70. The normalized spacial score (nSPS) is 21.1. The van der Waals surface area contributed by atoms with Crippen molar-refractivity contribution in [3.8, 4) is 0 Å². The van der Waals surface area contributed by atoms with E-state index in [0.717, 1.165) is 37.4 Å². The molecule has 4 nitrogen and oxygen atoms in total. The number of nitrogens with zero attached hydrogens (tertiary/aromatic N) is 1. The zero-order chi connectivity index (χ0) is 11.5. The van der Waals surface area contributed by atoms with E-state index in [4.69, 9.17) is 0 Å². The molecule has 0 bridgehead atoms. The van der Waals surface area contributed by atoms with E-state index < -0.39 is 0 Å². The van der Waals surface area contributed by atoms with Crippen molar-refractivity contribution in [3.63, 3.8) is 0 Å². The molecule has 1 aromatic rings. The van der Waals surface area contributed by atoms with Crippen LogP contribution in [0, 0.1) is 0 Å². The molecule has 2 heterocycles. The van der Waals surface area contributed by atoms with Crippen LogP contribution in [0.2, 0.25) is 0 Å². The average Bonchev–Trinajstić information content (AvgIpc) is 2.28. The number of rotatable bonds is 2. The van der Waals surface area contributed by atoms with E-state index in [-0.39, 0.29) is 5.56 Å². The fourth-order valence-electron chi connectivity index (χ4n) is 2.17. The van der Waals surface area contributed by atoms with Gasteiger partial charge in [-0.2, -0.15) is 0 Å². The summed E-state index contributed by atoms with van der Waals surface area (Å²) in [5, 5.41) is 3.35. The number of aryl methyl sites for hydroxylation is 1. The summed E-state index contributed by atoms with van der Waals surface area (Å²) in [7, 11) is 0. The van der Waals surface area contributed by atoms with E-state index in [1.54, 1.807) is 6.07 Å². The monoisotopic (exact) mass is 221 g/mol. The number of pyridine rings is 1. The summed E-state index contributed by atoms with van der Waals surface area (Å²) in [5.41, 5.74) is 2.06. The first-order chi connectivity index (χ1) is 7.70.